The molecule has 7 nitrogen and oxygen atoms in total. The van der Waals surface area contributed by atoms with Gasteiger partial charge in [0.2, 0.25) is 5.82 Å². The topological polar surface area (TPSA) is 85.4 Å². The Morgan fingerprint density at radius 3 is 2.50 bits per heavy atom. The molecule has 2 unspecified atom stereocenters. The van der Waals surface area contributed by atoms with Gasteiger partial charge in [0.05, 0.1) is 32.6 Å². The van der Waals surface area contributed by atoms with E-state index >= 15 is 0 Å². The highest BCUT2D eigenvalue weighted by Gasteiger charge is 2.32. The summed E-state index contributed by atoms with van der Waals surface area (Å²) in [5.74, 6) is -2.18. The molecule has 40 heavy (non-hydrogen) atoms. The normalized spacial score (nSPS) is 15.1. The zero-order valence-electron chi connectivity index (χ0n) is 23.0. The molecule has 0 radical (unpaired) electrons. The first-order chi connectivity index (χ1) is 19.0. The number of benzene rings is 1. The fourth-order valence-corrected chi connectivity index (χ4v) is 5.91. The molecule has 2 N–H and O–H groups in total. The van der Waals surface area contributed by atoms with Crippen LogP contribution in [0, 0.1) is 17.0 Å². The summed E-state index contributed by atoms with van der Waals surface area (Å²) in [6, 6.07) is 9.64. The van der Waals surface area contributed by atoms with Crippen molar-refractivity contribution in [3.63, 3.8) is 0 Å². The van der Waals surface area contributed by atoms with Gasteiger partial charge in [-0.2, -0.15) is 4.39 Å². The van der Waals surface area contributed by atoms with Crippen LogP contribution in [0.15, 0.2) is 48.8 Å². The van der Waals surface area contributed by atoms with Crippen LogP contribution in [0.3, 0.4) is 0 Å². The van der Waals surface area contributed by atoms with Gasteiger partial charge in [-0.25, -0.2) is 9.18 Å². The Labute approximate surface area is 235 Å². The Morgan fingerprint density at radius 1 is 1.07 bits per heavy atom. The van der Waals surface area contributed by atoms with Gasteiger partial charge < -0.3 is 20.1 Å². The smallest absolute Gasteiger partial charge is 0.319 e. The number of carbonyl (C=O) groups excluding carboxylic acids is 1. The second-order valence-electron chi connectivity index (χ2n) is 11.1. The molecule has 1 fully saturated rings. The number of urea groups is 1. The van der Waals surface area contributed by atoms with Gasteiger partial charge in [0.25, 0.3) is 0 Å². The van der Waals surface area contributed by atoms with Crippen molar-refractivity contribution in [2.75, 3.05) is 12.4 Å². The maximum absolute atomic E-state index is 14.9. The minimum absolute atomic E-state index is 0.0154. The number of nitrogens with one attached hydrogen (secondary N) is 2. The highest BCUT2D eigenvalue weighted by molar-refractivity contribution is 7.22. The molecule has 1 aliphatic rings. The van der Waals surface area contributed by atoms with Crippen molar-refractivity contribution in [1.82, 2.24) is 15.3 Å². The maximum Gasteiger partial charge on any atom is 0.319 e. The van der Waals surface area contributed by atoms with Crippen LogP contribution in [0.25, 0.3) is 20.8 Å². The molecule has 10 heteroatoms. The average Bonchev–Trinajstić information content (AvgIpc) is 3.61. The largest absolute Gasteiger partial charge is 0.453 e. The number of methoxy groups -OCH3 is 1. The van der Waals surface area contributed by atoms with Crippen molar-refractivity contribution in [3.8, 4) is 22.1 Å². The van der Waals surface area contributed by atoms with Crippen LogP contribution < -0.4 is 15.4 Å². The number of anilines is 1. The van der Waals surface area contributed by atoms with Gasteiger partial charge in [0.1, 0.15) is 5.75 Å². The molecule has 210 valence electrons. The van der Waals surface area contributed by atoms with Crippen LogP contribution in [-0.2, 0) is 4.74 Å². The Hall–Kier alpha value is -3.63. The molecule has 3 aromatic heterocycles. The van der Waals surface area contributed by atoms with Crippen molar-refractivity contribution in [3.05, 3.63) is 66.0 Å². The summed E-state index contributed by atoms with van der Waals surface area (Å²) in [7, 11) is 1.72. The number of amides is 2. The van der Waals surface area contributed by atoms with E-state index in [-0.39, 0.29) is 34.9 Å². The SMILES string of the molecule is COC(C)C(c1ccc(-c2cc3nccc(Oc4ccc(NC(=O)NC5CC5)c(F)c4F)c3s2)nc1)C(C)(C)C. The minimum Gasteiger partial charge on any atom is -0.453 e. The van der Waals surface area contributed by atoms with Crippen molar-refractivity contribution in [2.24, 2.45) is 5.41 Å². The predicted molar refractivity (Wildman–Crippen MR) is 153 cm³/mol. The number of ether oxygens (including phenoxy) is 2. The van der Waals surface area contributed by atoms with Crippen LogP contribution in [0.4, 0.5) is 19.3 Å². The summed E-state index contributed by atoms with van der Waals surface area (Å²) in [4.78, 5) is 22.0. The Kier molecular flexibility index (Phi) is 7.74. The van der Waals surface area contributed by atoms with E-state index in [1.807, 2.05) is 18.3 Å². The van der Waals surface area contributed by atoms with Crippen molar-refractivity contribution in [2.45, 2.75) is 58.6 Å². The lowest BCUT2D eigenvalue weighted by atomic mass is 9.74. The number of nitrogens with zero attached hydrogens (tertiary/aromatic N) is 2. The molecule has 2 atom stereocenters. The van der Waals surface area contributed by atoms with Gasteiger partial charge in [0, 0.05) is 37.5 Å². The van der Waals surface area contributed by atoms with Crippen molar-refractivity contribution >= 4 is 33.3 Å². The Balaban J connectivity index is 1.38. The highest BCUT2D eigenvalue weighted by Crippen LogP contribution is 2.42. The summed E-state index contributed by atoms with van der Waals surface area (Å²) >= 11 is 1.40. The summed E-state index contributed by atoms with van der Waals surface area (Å²) < 4.78 is 41.8. The van der Waals surface area contributed by atoms with E-state index in [9.17, 15) is 13.6 Å². The quantitative estimate of drug-likeness (QED) is 0.227. The van der Waals surface area contributed by atoms with Crippen LogP contribution in [0.2, 0.25) is 0 Å². The van der Waals surface area contributed by atoms with Crippen LogP contribution in [0.1, 0.15) is 52.0 Å². The molecule has 0 spiro atoms. The lowest BCUT2D eigenvalue weighted by Gasteiger charge is -2.35. The fourth-order valence-electron chi connectivity index (χ4n) is 4.86. The molecule has 3 heterocycles. The molecule has 2 amide bonds. The number of aromatic nitrogens is 2. The van der Waals surface area contributed by atoms with Crippen molar-refractivity contribution in [1.29, 1.82) is 0 Å². The molecular formula is C30H32F2N4O3S. The van der Waals surface area contributed by atoms with Gasteiger partial charge in [-0.3, -0.25) is 9.97 Å². The third-order valence-corrected chi connectivity index (χ3v) is 8.14. The second-order valence-corrected chi connectivity index (χ2v) is 12.2. The lowest BCUT2D eigenvalue weighted by Crippen LogP contribution is -2.30. The predicted octanol–water partition coefficient (Wildman–Crippen LogP) is 7.88. The summed E-state index contributed by atoms with van der Waals surface area (Å²) in [5.41, 5.74) is 2.24. The van der Waals surface area contributed by atoms with Gasteiger partial charge in [-0.15, -0.1) is 11.3 Å². The maximum atomic E-state index is 14.9. The Bertz CT molecular complexity index is 1530. The van der Waals surface area contributed by atoms with E-state index in [0.717, 1.165) is 29.0 Å². The number of pyridine rings is 2. The summed E-state index contributed by atoms with van der Waals surface area (Å²) in [5, 5.41) is 5.03. The number of hydrogen-bond acceptors (Lipinski definition) is 6. The molecule has 0 aliphatic heterocycles. The number of halogens is 2. The molecule has 0 saturated heterocycles. The van der Waals surface area contributed by atoms with Crippen LogP contribution >= 0.6 is 11.3 Å². The van der Waals surface area contributed by atoms with Gasteiger partial charge in [-0.05, 0) is 55.0 Å². The molecule has 0 bridgehead atoms. The second kappa shape index (κ2) is 11.1. The third-order valence-electron chi connectivity index (χ3n) is 6.98. The zero-order valence-corrected chi connectivity index (χ0v) is 23.9. The number of fused-ring (bicyclic) bond motifs is 1. The van der Waals surface area contributed by atoms with Gasteiger partial charge in [0.15, 0.2) is 11.6 Å². The van der Waals surface area contributed by atoms with Gasteiger partial charge >= 0.3 is 6.03 Å². The first kappa shape index (κ1) is 27.9. The fraction of sp³-hybridized carbons (Fsp3) is 0.367. The van der Waals surface area contributed by atoms with E-state index in [0.29, 0.717) is 16.0 Å². The first-order valence-electron chi connectivity index (χ1n) is 13.2. The molecular weight excluding hydrogens is 534 g/mol. The van der Waals surface area contributed by atoms with E-state index < -0.39 is 17.7 Å². The number of hydrogen-bond donors (Lipinski definition) is 2. The summed E-state index contributed by atoms with van der Waals surface area (Å²) in [6.07, 6.45) is 5.23. The monoisotopic (exact) mass is 566 g/mol. The highest BCUT2D eigenvalue weighted by atomic mass is 32.1. The molecule has 5 rings (SSSR count). The number of thiophene rings is 1. The van der Waals surface area contributed by atoms with E-state index in [2.05, 4.69) is 49.4 Å². The number of carbonyl (C=O) groups is 1. The standard InChI is InChI=1S/C30H32F2N4O3S/c1-16(38-5)25(30(2,3)4)17-6-9-19(34-15-17)24-14-21-28(40-24)23(12-13-33-21)39-22-11-10-20(26(31)27(22)32)36-29(37)35-18-7-8-18/h6,9-16,18,25H,7-8H2,1-5H3,(H2,35,36,37). The van der Waals surface area contributed by atoms with Crippen molar-refractivity contribution < 1.29 is 23.0 Å². The average molecular weight is 567 g/mol. The van der Waals surface area contributed by atoms with Crippen LogP contribution in [0.5, 0.6) is 11.5 Å². The van der Waals surface area contributed by atoms with E-state index in [4.69, 9.17) is 14.5 Å². The first-order valence-corrected chi connectivity index (χ1v) is 14.0. The molecule has 1 aliphatic carbocycles. The summed E-state index contributed by atoms with van der Waals surface area (Å²) in [6.45, 7) is 8.62. The van der Waals surface area contributed by atoms with Crippen LogP contribution in [-0.4, -0.2) is 35.3 Å². The third kappa shape index (κ3) is 5.93. The molecule has 1 aromatic carbocycles. The molecule has 4 aromatic rings. The minimum atomic E-state index is -1.19. The molecule has 1 saturated carbocycles. The van der Waals surface area contributed by atoms with E-state index in [1.54, 1.807) is 19.4 Å². The number of rotatable bonds is 8. The van der Waals surface area contributed by atoms with Gasteiger partial charge in [-0.1, -0.05) is 26.8 Å². The Morgan fingerprint density at radius 2 is 1.85 bits per heavy atom. The zero-order chi connectivity index (χ0) is 28.6. The lowest BCUT2D eigenvalue weighted by molar-refractivity contribution is 0.0556. The van der Waals surface area contributed by atoms with E-state index in [1.165, 1.54) is 23.5 Å².